The zero-order valence-electron chi connectivity index (χ0n) is 17.1. The van der Waals surface area contributed by atoms with Crippen LogP contribution in [0.4, 0.5) is 4.39 Å². The third-order valence-corrected chi connectivity index (χ3v) is 7.24. The van der Waals surface area contributed by atoms with Crippen LogP contribution in [0.25, 0.3) is 0 Å². The summed E-state index contributed by atoms with van der Waals surface area (Å²) in [7, 11) is -0.861. The van der Waals surface area contributed by atoms with E-state index in [4.69, 9.17) is 11.6 Å². The van der Waals surface area contributed by atoms with Crippen LogP contribution < -0.4 is 5.32 Å². The average Bonchev–Trinajstić information content (AvgIpc) is 3.23. The molecule has 10 heteroatoms. The first-order valence-corrected chi connectivity index (χ1v) is 11.5. The van der Waals surface area contributed by atoms with Crippen LogP contribution in [0.15, 0.2) is 47.4 Å². The zero-order valence-corrected chi connectivity index (χ0v) is 18.7. The number of rotatable bonds is 6. The number of likely N-dealkylation sites (tertiary alicyclic amines) is 1. The Labute approximate surface area is 185 Å². The van der Waals surface area contributed by atoms with Crippen LogP contribution in [-0.2, 0) is 21.4 Å². The summed E-state index contributed by atoms with van der Waals surface area (Å²) in [4.78, 5) is 27.2. The SMILES string of the molecule is CN(C)S(=O)(=O)c1cccc(C(=O)N2CCC[C@@H]2C(=O)NCc2ccc(Cl)c(F)c2)c1. The molecule has 1 N–H and O–H groups in total. The van der Waals surface area contributed by atoms with E-state index in [1.54, 1.807) is 6.07 Å². The molecule has 1 fully saturated rings. The molecule has 3 rings (SSSR count). The second-order valence-electron chi connectivity index (χ2n) is 7.44. The molecule has 1 aliphatic heterocycles. The molecule has 2 amide bonds. The van der Waals surface area contributed by atoms with Gasteiger partial charge in [-0.15, -0.1) is 0 Å². The Morgan fingerprint density at radius 2 is 1.97 bits per heavy atom. The normalized spacial score (nSPS) is 16.5. The number of nitrogens with zero attached hydrogens (tertiary/aromatic N) is 2. The van der Waals surface area contributed by atoms with Gasteiger partial charge >= 0.3 is 0 Å². The highest BCUT2D eigenvalue weighted by atomic mass is 35.5. The number of hydrogen-bond acceptors (Lipinski definition) is 4. The van der Waals surface area contributed by atoms with Crippen molar-refractivity contribution in [3.8, 4) is 0 Å². The van der Waals surface area contributed by atoms with Crippen molar-refractivity contribution < 1.29 is 22.4 Å². The summed E-state index contributed by atoms with van der Waals surface area (Å²) < 4.78 is 39.4. The van der Waals surface area contributed by atoms with Gasteiger partial charge in [-0.05, 0) is 48.7 Å². The maximum absolute atomic E-state index is 13.6. The van der Waals surface area contributed by atoms with Crippen molar-refractivity contribution in [3.05, 3.63) is 64.4 Å². The van der Waals surface area contributed by atoms with Gasteiger partial charge < -0.3 is 10.2 Å². The fourth-order valence-corrected chi connectivity index (χ4v) is 4.47. The molecule has 1 atom stereocenters. The Kier molecular flexibility index (Phi) is 6.98. The van der Waals surface area contributed by atoms with Gasteiger partial charge in [-0.1, -0.05) is 23.7 Å². The van der Waals surface area contributed by atoms with Crippen molar-refractivity contribution >= 4 is 33.4 Å². The standard InChI is InChI=1S/C21H23ClFN3O4S/c1-25(2)31(29,30)16-6-3-5-15(12-16)21(28)26-10-4-7-19(26)20(27)24-13-14-8-9-17(22)18(23)11-14/h3,5-6,8-9,11-12,19H,4,7,10,13H2,1-2H3,(H,24,27)/t19-/m1/s1. The molecule has 0 spiro atoms. The van der Waals surface area contributed by atoms with Gasteiger partial charge in [0.25, 0.3) is 5.91 Å². The minimum absolute atomic E-state index is 0.00107. The summed E-state index contributed by atoms with van der Waals surface area (Å²) in [6.45, 7) is 0.485. The van der Waals surface area contributed by atoms with Crippen molar-refractivity contribution in [2.75, 3.05) is 20.6 Å². The van der Waals surface area contributed by atoms with Crippen molar-refractivity contribution in [1.82, 2.24) is 14.5 Å². The van der Waals surface area contributed by atoms with Crippen LogP contribution in [0, 0.1) is 5.82 Å². The molecule has 2 aromatic carbocycles. The van der Waals surface area contributed by atoms with E-state index in [0.29, 0.717) is 24.9 Å². The molecule has 7 nitrogen and oxygen atoms in total. The van der Waals surface area contributed by atoms with Gasteiger partial charge in [0.1, 0.15) is 11.9 Å². The van der Waals surface area contributed by atoms with Crippen LogP contribution in [0.1, 0.15) is 28.8 Å². The molecule has 1 aliphatic rings. The van der Waals surface area contributed by atoms with Crippen LogP contribution in [0.2, 0.25) is 5.02 Å². The topological polar surface area (TPSA) is 86.8 Å². The molecular weight excluding hydrogens is 445 g/mol. The number of hydrogen-bond donors (Lipinski definition) is 1. The predicted octanol–water partition coefficient (Wildman–Crippen LogP) is 2.65. The first kappa shape index (κ1) is 23.2. The Balaban J connectivity index is 1.73. The number of nitrogens with one attached hydrogen (secondary N) is 1. The Morgan fingerprint density at radius 1 is 1.23 bits per heavy atom. The lowest BCUT2D eigenvalue weighted by Gasteiger charge is -2.24. The van der Waals surface area contributed by atoms with E-state index in [-0.39, 0.29) is 27.9 Å². The number of benzene rings is 2. The number of carbonyl (C=O) groups excluding carboxylic acids is 2. The summed E-state index contributed by atoms with van der Waals surface area (Å²) >= 11 is 5.67. The second kappa shape index (κ2) is 9.33. The largest absolute Gasteiger partial charge is 0.350 e. The van der Waals surface area contributed by atoms with Crippen LogP contribution in [0.5, 0.6) is 0 Å². The van der Waals surface area contributed by atoms with Crippen LogP contribution in [-0.4, -0.2) is 56.1 Å². The van der Waals surface area contributed by atoms with Gasteiger partial charge in [-0.25, -0.2) is 17.1 Å². The summed E-state index contributed by atoms with van der Waals surface area (Å²) in [6.07, 6.45) is 1.14. The third-order valence-electron chi connectivity index (χ3n) is 5.13. The minimum atomic E-state index is -3.69. The van der Waals surface area contributed by atoms with Gasteiger partial charge in [0.05, 0.1) is 9.92 Å². The van der Waals surface area contributed by atoms with E-state index in [9.17, 15) is 22.4 Å². The van der Waals surface area contributed by atoms with Crippen molar-refractivity contribution in [1.29, 1.82) is 0 Å². The second-order valence-corrected chi connectivity index (χ2v) is 10.00. The Morgan fingerprint density at radius 3 is 2.65 bits per heavy atom. The summed E-state index contributed by atoms with van der Waals surface area (Å²) in [6, 6.07) is 9.37. The molecule has 0 aliphatic carbocycles. The van der Waals surface area contributed by atoms with Crippen LogP contribution >= 0.6 is 11.6 Å². The van der Waals surface area contributed by atoms with Crippen molar-refractivity contribution in [2.24, 2.45) is 0 Å². The van der Waals surface area contributed by atoms with Gasteiger partial charge in [-0.3, -0.25) is 9.59 Å². The predicted molar refractivity (Wildman–Crippen MR) is 115 cm³/mol. The maximum Gasteiger partial charge on any atom is 0.254 e. The minimum Gasteiger partial charge on any atom is -0.350 e. The molecule has 0 radical (unpaired) electrons. The quantitative estimate of drug-likeness (QED) is 0.707. The Hall–Kier alpha value is -2.49. The number of carbonyl (C=O) groups is 2. The van der Waals surface area contributed by atoms with E-state index in [1.165, 1.54) is 55.4 Å². The molecule has 0 bridgehead atoms. The lowest BCUT2D eigenvalue weighted by molar-refractivity contribution is -0.125. The Bertz CT molecular complexity index is 1110. The van der Waals surface area contributed by atoms with E-state index in [2.05, 4.69) is 5.32 Å². The lowest BCUT2D eigenvalue weighted by atomic mass is 10.1. The number of sulfonamides is 1. The fourth-order valence-electron chi connectivity index (χ4n) is 3.41. The van der Waals surface area contributed by atoms with Crippen molar-refractivity contribution in [2.45, 2.75) is 30.3 Å². The summed E-state index contributed by atoms with van der Waals surface area (Å²) in [5, 5.41) is 2.73. The number of amides is 2. The molecule has 2 aromatic rings. The van der Waals surface area contributed by atoms with E-state index in [0.717, 1.165) is 4.31 Å². The molecule has 0 saturated carbocycles. The first-order chi connectivity index (χ1) is 14.6. The number of halogens is 2. The fraction of sp³-hybridized carbons (Fsp3) is 0.333. The third kappa shape index (κ3) is 5.06. The van der Waals surface area contributed by atoms with Crippen LogP contribution in [0.3, 0.4) is 0 Å². The molecule has 31 heavy (non-hydrogen) atoms. The van der Waals surface area contributed by atoms with Gasteiger partial charge in [-0.2, -0.15) is 0 Å². The van der Waals surface area contributed by atoms with Gasteiger partial charge in [0, 0.05) is 32.7 Å². The monoisotopic (exact) mass is 467 g/mol. The highest BCUT2D eigenvalue weighted by Gasteiger charge is 2.34. The first-order valence-electron chi connectivity index (χ1n) is 9.66. The molecular formula is C21H23ClFN3O4S. The highest BCUT2D eigenvalue weighted by molar-refractivity contribution is 7.89. The molecule has 1 heterocycles. The van der Waals surface area contributed by atoms with E-state index >= 15 is 0 Å². The summed E-state index contributed by atoms with van der Waals surface area (Å²) in [5.74, 6) is -1.33. The smallest absolute Gasteiger partial charge is 0.254 e. The lowest BCUT2D eigenvalue weighted by Crippen LogP contribution is -2.45. The zero-order chi connectivity index (χ0) is 22.8. The summed E-state index contributed by atoms with van der Waals surface area (Å²) in [5.41, 5.74) is 0.745. The average molecular weight is 468 g/mol. The van der Waals surface area contributed by atoms with Gasteiger partial charge in [0.15, 0.2) is 0 Å². The molecule has 1 saturated heterocycles. The molecule has 166 valence electrons. The maximum atomic E-state index is 13.6. The van der Waals surface area contributed by atoms with E-state index in [1.807, 2.05) is 0 Å². The molecule has 0 aromatic heterocycles. The van der Waals surface area contributed by atoms with Crippen molar-refractivity contribution in [3.63, 3.8) is 0 Å². The van der Waals surface area contributed by atoms with E-state index < -0.39 is 27.8 Å². The molecule has 0 unspecified atom stereocenters. The van der Waals surface area contributed by atoms with Gasteiger partial charge in [0.2, 0.25) is 15.9 Å². The highest BCUT2D eigenvalue weighted by Crippen LogP contribution is 2.23.